The predicted octanol–water partition coefficient (Wildman–Crippen LogP) is 3.61. The molecule has 0 fully saturated rings. The number of aromatic nitrogens is 2. The fourth-order valence-electron chi connectivity index (χ4n) is 1.83. The van der Waals surface area contributed by atoms with Crippen LogP contribution in [0, 0.1) is 5.82 Å². The summed E-state index contributed by atoms with van der Waals surface area (Å²) in [6.07, 6.45) is 1.68. The van der Waals surface area contributed by atoms with Crippen molar-refractivity contribution in [2.45, 2.75) is 43.6 Å². The highest BCUT2D eigenvalue weighted by molar-refractivity contribution is 8.00. The first-order valence-electron chi connectivity index (χ1n) is 7.04. The number of amides is 1. The van der Waals surface area contributed by atoms with E-state index in [1.165, 1.54) is 23.9 Å². The molecule has 22 heavy (non-hydrogen) atoms. The van der Waals surface area contributed by atoms with Gasteiger partial charge in [-0.1, -0.05) is 11.8 Å². The van der Waals surface area contributed by atoms with Gasteiger partial charge in [-0.3, -0.25) is 4.79 Å². The highest BCUT2D eigenvalue weighted by atomic mass is 32.2. The number of hydrogen-bond donors (Lipinski definition) is 2. The van der Waals surface area contributed by atoms with Crippen LogP contribution in [0.4, 0.5) is 4.39 Å². The summed E-state index contributed by atoms with van der Waals surface area (Å²) < 4.78 is 12.9. The minimum atomic E-state index is -0.273. The average molecular weight is 321 g/mol. The van der Waals surface area contributed by atoms with Crippen molar-refractivity contribution in [2.75, 3.05) is 0 Å². The summed E-state index contributed by atoms with van der Waals surface area (Å²) >= 11 is 1.36. The molecule has 1 heterocycles. The first kappa shape index (κ1) is 16.5. The molecule has 118 valence electrons. The summed E-state index contributed by atoms with van der Waals surface area (Å²) in [7, 11) is 0. The topological polar surface area (TPSA) is 57.8 Å². The smallest absolute Gasteiger partial charge is 0.233 e. The largest absolute Gasteiger partial charge is 0.351 e. The highest BCUT2D eigenvalue weighted by Gasteiger charge is 2.21. The van der Waals surface area contributed by atoms with Gasteiger partial charge in [-0.05, 0) is 57.5 Å². The van der Waals surface area contributed by atoms with Crippen LogP contribution in [-0.2, 0) is 4.79 Å². The Hall–Kier alpha value is -1.82. The van der Waals surface area contributed by atoms with Gasteiger partial charge in [0.2, 0.25) is 5.91 Å². The van der Waals surface area contributed by atoms with E-state index in [1.54, 1.807) is 18.3 Å². The number of H-pyrrole nitrogens is 1. The molecule has 2 aromatic rings. The SMILES string of the molecule is CC(Sc1ncc(-c2ccc(F)cc2)[nH]1)C(=O)NC(C)(C)C. The van der Waals surface area contributed by atoms with Gasteiger partial charge in [0.15, 0.2) is 5.16 Å². The Morgan fingerprint density at radius 1 is 1.32 bits per heavy atom. The van der Waals surface area contributed by atoms with E-state index in [9.17, 15) is 9.18 Å². The van der Waals surface area contributed by atoms with Crippen LogP contribution in [0.3, 0.4) is 0 Å². The van der Waals surface area contributed by atoms with Gasteiger partial charge in [0.1, 0.15) is 5.82 Å². The number of carbonyl (C=O) groups is 1. The lowest BCUT2D eigenvalue weighted by molar-refractivity contribution is -0.121. The summed E-state index contributed by atoms with van der Waals surface area (Å²) in [6.45, 7) is 7.68. The molecule has 1 unspecified atom stereocenters. The number of benzene rings is 1. The fourth-order valence-corrected chi connectivity index (χ4v) is 2.61. The molecule has 1 aromatic heterocycles. The Kier molecular flexibility index (Phi) is 4.90. The first-order valence-corrected chi connectivity index (χ1v) is 7.92. The number of thioether (sulfide) groups is 1. The van der Waals surface area contributed by atoms with Crippen LogP contribution in [-0.4, -0.2) is 26.7 Å². The Morgan fingerprint density at radius 2 is 1.95 bits per heavy atom. The van der Waals surface area contributed by atoms with E-state index in [2.05, 4.69) is 15.3 Å². The Morgan fingerprint density at radius 3 is 2.55 bits per heavy atom. The summed E-state index contributed by atoms with van der Waals surface area (Å²) in [6, 6.07) is 6.19. The third-order valence-corrected chi connectivity index (χ3v) is 3.86. The lowest BCUT2D eigenvalue weighted by atomic mass is 10.1. The molecule has 0 aliphatic carbocycles. The van der Waals surface area contributed by atoms with Crippen molar-refractivity contribution < 1.29 is 9.18 Å². The van der Waals surface area contributed by atoms with Crippen LogP contribution in [0.2, 0.25) is 0 Å². The molecule has 4 nitrogen and oxygen atoms in total. The van der Waals surface area contributed by atoms with Crippen LogP contribution in [0.25, 0.3) is 11.3 Å². The van der Waals surface area contributed by atoms with Gasteiger partial charge >= 0.3 is 0 Å². The van der Waals surface area contributed by atoms with E-state index in [4.69, 9.17) is 0 Å². The number of aromatic amines is 1. The van der Waals surface area contributed by atoms with Gasteiger partial charge in [0.25, 0.3) is 0 Å². The molecule has 0 aliphatic rings. The lowest BCUT2D eigenvalue weighted by Gasteiger charge is -2.22. The maximum atomic E-state index is 12.9. The van der Waals surface area contributed by atoms with E-state index in [1.807, 2.05) is 27.7 Å². The number of halogens is 1. The lowest BCUT2D eigenvalue weighted by Crippen LogP contribution is -2.44. The summed E-state index contributed by atoms with van der Waals surface area (Å²) in [5, 5.41) is 3.35. The zero-order valence-corrected chi connectivity index (χ0v) is 13.9. The minimum absolute atomic E-state index is 0.0303. The Labute approximate surface area is 133 Å². The van der Waals surface area contributed by atoms with E-state index < -0.39 is 0 Å². The van der Waals surface area contributed by atoms with Crippen LogP contribution < -0.4 is 5.32 Å². The summed E-state index contributed by atoms with van der Waals surface area (Å²) in [4.78, 5) is 19.5. The molecule has 1 amide bonds. The molecule has 1 aromatic carbocycles. The van der Waals surface area contributed by atoms with Crippen LogP contribution >= 0.6 is 11.8 Å². The van der Waals surface area contributed by atoms with E-state index in [-0.39, 0.29) is 22.5 Å². The van der Waals surface area contributed by atoms with Gasteiger partial charge in [0, 0.05) is 5.54 Å². The van der Waals surface area contributed by atoms with Crippen molar-refractivity contribution in [1.82, 2.24) is 15.3 Å². The zero-order chi connectivity index (χ0) is 16.3. The first-order chi connectivity index (χ1) is 10.2. The third-order valence-electron chi connectivity index (χ3n) is 2.86. The highest BCUT2D eigenvalue weighted by Crippen LogP contribution is 2.24. The van der Waals surface area contributed by atoms with Crippen LogP contribution in [0.5, 0.6) is 0 Å². The third kappa shape index (κ3) is 4.59. The normalized spacial score (nSPS) is 13.0. The van der Waals surface area contributed by atoms with Gasteiger partial charge < -0.3 is 10.3 Å². The Bertz CT molecular complexity index is 646. The van der Waals surface area contributed by atoms with Gasteiger partial charge in [0.05, 0.1) is 17.1 Å². The van der Waals surface area contributed by atoms with Crippen molar-refractivity contribution in [1.29, 1.82) is 0 Å². The average Bonchev–Trinajstić information content (AvgIpc) is 2.86. The van der Waals surface area contributed by atoms with E-state index >= 15 is 0 Å². The molecule has 2 rings (SSSR count). The van der Waals surface area contributed by atoms with Crippen molar-refractivity contribution in [3.63, 3.8) is 0 Å². The predicted molar refractivity (Wildman–Crippen MR) is 87.2 cm³/mol. The van der Waals surface area contributed by atoms with Crippen molar-refractivity contribution in [2.24, 2.45) is 0 Å². The molecule has 0 saturated heterocycles. The summed E-state index contributed by atoms with van der Waals surface area (Å²) in [5.74, 6) is -0.303. The van der Waals surface area contributed by atoms with Crippen LogP contribution in [0.15, 0.2) is 35.6 Å². The zero-order valence-electron chi connectivity index (χ0n) is 13.1. The Balaban J connectivity index is 2.03. The van der Waals surface area contributed by atoms with Crippen LogP contribution in [0.1, 0.15) is 27.7 Å². The molecule has 2 N–H and O–H groups in total. The number of nitrogens with one attached hydrogen (secondary N) is 2. The van der Waals surface area contributed by atoms with Gasteiger partial charge in [-0.15, -0.1) is 0 Å². The molecular weight excluding hydrogens is 301 g/mol. The molecule has 1 atom stereocenters. The molecule has 0 aliphatic heterocycles. The quantitative estimate of drug-likeness (QED) is 0.846. The number of nitrogens with zero attached hydrogens (tertiary/aromatic N) is 1. The number of carbonyl (C=O) groups excluding carboxylic acids is 1. The minimum Gasteiger partial charge on any atom is -0.351 e. The number of rotatable bonds is 4. The number of imidazole rings is 1. The molecular formula is C16H20FN3OS. The number of hydrogen-bond acceptors (Lipinski definition) is 3. The van der Waals surface area contributed by atoms with Crippen molar-refractivity contribution in [3.8, 4) is 11.3 Å². The molecule has 0 saturated carbocycles. The van der Waals surface area contributed by atoms with Gasteiger partial charge in [-0.2, -0.15) is 0 Å². The maximum absolute atomic E-state index is 12.9. The molecule has 0 spiro atoms. The standard InChI is InChI=1S/C16H20FN3OS/c1-10(14(21)20-16(2,3)4)22-15-18-9-13(19-15)11-5-7-12(17)8-6-11/h5-10H,1-4H3,(H,18,19)(H,20,21). The maximum Gasteiger partial charge on any atom is 0.233 e. The monoisotopic (exact) mass is 321 g/mol. The van der Waals surface area contributed by atoms with Crippen molar-refractivity contribution >= 4 is 17.7 Å². The molecule has 0 bridgehead atoms. The second-order valence-corrected chi connectivity index (χ2v) is 7.44. The van der Waals surface area contributed by atoms with E-state index in [0.29, 0.717) is 5.16 Å². The fraction of sp³-hybridized carbons (Fsp3) is 0.375. The summed E-state index contributed by atoms with van der Waals surface area (Å²) in [5.41, 5.74) is 1.40. The van der Waals surface area contributed by atoms with E-state index in [0.717, 1.165) is 11.3 Å². The second kappa shape index (κ2) is 6.52. The second-order valence-electron chi connectivity index (χ2n) is 6.11. The van der Waals surface area contributed by atoms with Gasteiger partial charge in [-0.25, -0.2) is 9.37 Å². The molecule has 6 heteroatoms. The van der Waals surface area contributed by atoms with Crippen molar-refractivity contribution in [3.05, 3.63) is 36.3 Å². The molecule has 0 radical (unpaired) electrons.